The molecule has 3 amide bonds. The highest BCUT2D eigenvalue weighted by molar-refractivity contribution is 7.09. The molecule has 250 valence electrons. The van der Waals surface area contributed by atoms with Gasteiger partial charge in [-0.2, -0.15) is 0 Å². The summed E-state index contributed by atoms with van der Waals surface area (Å²) in [6.07, 6.45) is 5.94. The molecule has 0 radical (unpaired) electrons. The van der Waals surface area contributed by atoms with E-state index in [1.54, 1.807) is 28.6 Å². The van der Waals surface area contributed by atoms with Crippen molar-refractivity contribution in [2.24, 2.45) is 11.8 Å². The molecular formula is C38H49N5O3S. The van der Waals surface area contributed by atoms with Gasteiger partial charge in [0.25, 0.3) is 0 Å². The number of hydrogen-bond acceptors (Lipinski definition) is 6. The third kappa shape index (κ3) is 11.8. The predicted molar refractivity (Wildman–Crippen MR) is 189 cm³/mol. The number of nitrogens with zero attached hydrogens (tertiary/aromatic N) is 3. The molecule has 2 aromatic carbocycles. The van der Waals surface area contributed by atoms with Crippen LogP contribution in [0.3, 0.4) is 0 Å². The average Bonchev–Trinajstić information content (AvgIpc) is 3.54. The largest absolute Gasteiger partial charge is 0.445 e. The van der Waals surface area contributed by atoms with Crippen LogP contribution >= 0.6 is 11.3 Å². The van der Waals surface area contributed by atoms with E-state index in [1.165, 1.54) is 5.56 Å². The van der Waals surface area contributed by atoms with Crippen molar-refractivity contribution in [3.05, 3.63) is 118 Å². The SMILES string of the molecule is CC(C)c1nc(CN(C)C(=O)N[C@@H](C(C)C)[C@H](CC[C@H](Cc2ccccc2)NC(=O)OCc2cccnc2)Cc2ccccc2)cs1. The topological polar surface area (TPSA) is 96.5 Å². The van der Waals surface area contributed by atoms with Gasteiger partial charge in [-0.25, -0.2) is 14.6 Å². The maximum Gasteiger partial charge on any atom is 0.407 e. The van der Waals surface area contributed by atoms with Crippen molar-refractivity contribution in [1.29, 1.82) is 0 Å². The molecule has 8 nitrogen and oxygen atoms in total. The smallest absolute Gasteiger partial charge is 0.407 e. The fourth-order valence-corrected chi connectivity index (χ4v) is 6.59. The Labute approximate surface area is 284 Å². The van der Waals surface area contributed by atoms with E-state index in [2.05, 4.69) is 79.7 Å². The Morgan fingerprint density at radius 1 is 0.851 bits per heavy atom. The standard InChI is InChI=1S/C38H49N5O3S/c1-27(2)35(42-37(44)43(5)24-34-26-47-36(40-34)28(3)4)32(21-29-13-8-6-9-14-29)18-19-33(22-30-15-10-7-11-16-30)41-38(45)46-25-31-17-12-20-39-23-31/h6-17,20,23,26-28,32-33,35H,18-19,21-22,24-25H2,1-5H3,(H,41,45)(H,42,44)/t32-,33-,35+/m1/s1. The number of urea groups is 1. The van der Waals surface area contributed by atoms with E-state index in [9.17, 15) is 9.59 Å². The van der Waals surface area contributed by atoms with E-state index >= 15 is 0 Å². The van der Waals surface area contributed by atoms with Gasteiger partial charge in [0, 0.05) is 48.4 Å². The Hall–Kier alpha value is -4.24. The molecule has 4 rings (SSSR count). The third-order valence-electron chi connectivity index (χ3n) is 8.29. The normalized spacial score (nSPS) is 13.2. The van der Waals surface area contributed by atoms with E-state index in [1.807, 2.05) is 48.8 Å². The number of alkyl carbamates (subject to hydrolysis) is 1. The van der Waals surface area contributed by atoms with E-state index in [-0.39, 0.29) is 36.6 Å². The maximum absolute atomic E-state index is 13.6. The quantitative estimate of drug-likeness (QED) is 0.128. The number of aromatic nitrogens is 2. The number of carbonyl (C=O) groups is 2. The molecule has 0 bridgehead atoms. The van der Waals surface area contributed by atoms with Crippen molar-refractivity contribution in [1.82, 2.24) is 25.5 Å². The molecular weight excluding hydrogens is 607 g/mol. The first-order chi connectivity index (χ1) is 22.7. The zero-order valence-corrected chi connectivity index (χ0v) is 29.1. The molecule has 4 aromatic rings. The Bertz CT molecular complexity index is 1500. The molecule has 2 aromatic heterocycles. The summed E-state index contributed by atoms with van der Waals surface area (Å²) in [7, 11) is 1.82. The zero-order valence-electron chi connectivity index (χ0n) is 28.3. The van der Waals surface area contributed by atoms with Gasteiger partial charge in [0.1, 0.15) is 6.61 Å². The Morgan fingerprint density at radius 3 is 2.11 bits per heavy atom. The summed E-state index contributed by atoms with van der Waals surface area (Å²) in [6, 6.07) is 24.0. The molecule has 2 N–H and O–H groups in total. The van der Waals surface area contributed by atoms with Crippen molar-refractivity contribution in [2.75, 3.05) is 7.05 Å². The van der Waals surface area contributed by atoms with Gasteiger partial charge >= 0.3 is 12.1 Å². The van der Waals surface area contributed by atoms with Gasteiger partial charge in [-0.3, -0.25) is 4.98 Å². The van der Waals surface area contributed by atoms with Crippen LogP contribution in [0, 0.1) is 11.8 Å². The lowest BCUT2D eigenvalue weighted by atomic mass is 9.81. The Kier molecular flexibility index (Phi) is 13.8. The van der Waals surface area contributed by atoms with Crippen LogP contribution in [0.1, 0.15) is 73.8 Å². The fourth-order valence-electron chi connectivity index (χ4n) is 5.76. The van der Waals surface area contributed by atoms with E-state index in [4.69, 9.17) is 9.72 Å². The van der Waals surface area contributed by atoms with Crippen LogP contribution in [0.25, 0.3) is 0 Å². The number of pyridine rings is 1. The monoisotopic (exact) mass is 655 g/mol. The maximum atomic E-state index is 13.6. The summed E-state index contributed by atoms with van der Waals surface area (Å²) in [4.78, 5) is 37.1. The van der Waals surface area contributed by atoms with Gasteiger partial charge < -0.3 is 20.3 Å². The molecule has 3 atom stereocenters. The van der Waals surface area contributed by atoms with Crippen molar-refractivity contribution < 1.29 is 14.3 Å². The van der Waals surface area contributed by atoms with E-state index in [0.29, 0.717) is 18.9 Å². The summed E-state index contributed by atoms with van der Waals surface area (Å²) < 4.78 is 5.57. The van der Waals surface area contributed by atoms with Crippen molar-refractivity contribution in [2.45, 2.75) is 84.5 Å². The minimum Gasteiger partial charge on any atom is -0.445 e. The van der Waals surface area contributed by atoms with Crippen LogP contribution in [0.2, 0.25) is 0 Å². The number of hydrogen-bond donors (Lipinski definition) is 2. The van der Waals surface area contributed by atoms with Crippen LogP contribution in [0.5, 0.6) is 0 Å². The lowest BCUT2D eigenvalue weighted by Crippen LogP contribution is -2.49. The second-order valence-electron chi connectivity index (χ2n) is 12.9. The van der Waals surface area contributed by atoms with Gasteiger partial charge in [0.05, 0.1) is 17.2 Å². The summed E-state index contributed by atoms with van der Waals surface area (Å²) >= 11 is 1.64. The highest BCUT2D eigenvalue weighted by atomic mass is 32.1. The second-order valence-corrected chi connectivity index (χ2v) is 13.8. The summed E-state index contributed by atoms with van der Waals surface area (Å²) in [5.74, 6) is 0.686. The lowest BCUT2D eigenvalue weighted by molar-refractivity contribution is 0.134. The Balaban J connectivity index is 1.48. The van der Waals surface area contributed by atoms with E-state index < -0.39 is 6.09 Å². The van der Waals surface area contributed by atoms with Crippen LogP contribution in [-0.2, 0) is 30.7 Å². The number of rotatable bonds is 16. The molecule has 0 saturated heterocycles. The first kappa shape index (κ1) is 35.6. The fraction of sp³-hybridized carbons (Fsp3) is 0.421. The number of nitrogens with one attached hydrogen (secondary N) is 2. The van der Waals surface area contributed by atoms with Gasteiger partial charge in [-0.05, 0) is 54.7 Å². The molecule has 9 heteroatoms. The molecule has 0 fully saturated rings. The first-order valence-electron chi connectivity index (χ1n) is 16.5. The minimum atomic E-state index is -0.451. The molecule has 47 heavy (non-hydrogen) atoms. The van der Waals surface area contributed by atoms with Crippen molar-refractivity contribution >= 4 is 23.5 Å². The number of thiazole rings is 1. The van der Waals surface area contributed by atoms with Crippen LogP contribution in [0.15, 0.2) is 90.6 Å². The van der Waals surface area contributed by atoms with Crippen molar-refractivity contribution in [3.63, 3.8) is 0 Å². The van der Waals surface area contributed by atoms with Crippen LogP contribution < -0.4 is 10.6 Å². The summed E-state index contributed by atoms with van der Waals surface area (Å²) in [6.45, 7) is 9.19. The third-order valence-corrected chi connectivity index (χ3v) is 9.49. The molecule has 0 unspecified atom stereocenters. The number of carbonyl (C=O) groups excluding carboxylic acids is 2. The molecule has 0 saturated carbocycles. The number of benzene rings is 2. The molecule has 0 spiro atoms. The second kappa shape index (κ2) is 18.2. The summed E-state index contributed by atoms with van der Waals surface area (Å²) in [5.41, 5.74) is 4.10. The highest BCUT2D eigenvalue weighted by Crippen LogP contribution is 2.26. The molecule has 0 aliphatic rings. The average molecular weight is 656 g/mol. The molecule has 0 aliphatic carbocycles. The first-order valence-corrected chi connectivity index (χ1v) is 17.4. The Morgan fingerprint density at radius 2 is 1.51 bits per heavy atom. The van der Waals surface area contributed by atoms with Crippen LogP contribution in [-0.4, -0.2) is 46.1 Å². The predicted octanol–water partition coefficient (Wildman–Crippen LogP) is 8.00. The molecule has 0 aliphatic heterocycles. The molecule has 2 heterocycles. The van der Waals surface area contributed by atoms with Gasteiger partial charge in [-0.1, -0.05) is 94.4 Å². The van der Waals surface area contributed by atoms with Gasteiger partial charge in [-0.15, -0.1) is 11.3 Å². The lowest BCUT2D eigenvalue weighted by Gasteiger charge is -2.34. The van der Waals surface area contributed by atoms with Crippen LogP contribution in [0.4, 0.5) is 9.59 Å². The highest BCUT2D eigenvalue weighted by Gasteiger charge is 2.29. The zero-order chi connectivity index (χ0) is 33.6. The number of ether oxygens (including phenoxy) is 1. The van der Waals surface area contributed by atoms with Gasteiger partial charge in [0.15, 0.2) is 0 Å². The number of amides is 3. The van der Waals surface area contributed by atoms with Crippen molar-refractivity contribution in [3.8, 4) is 0 Å². The minimum absolute atomic E-state index is 0.0817. The van der Waals surface area contributed by atoms with Gasteiger partial charge in [0.2, 0.25) is 0 Å². The van der Waals surface area contributed by atoms with E-state index in [0.717, 1.165) is 41.1 Å². The summed E-state index contributed by atoms with van der Waals surface area (Å²) in [5, 5.41) is 9.64.